The van der Waals surface area contributed by atoms with Gasteiger partial charge in [0, 0.05) is 20.7 Å². The number of methoxy groups -OCH3 is 1. The van der Waals surface area contributed by atoms with E-state index in [4.69, 9.17) is 4.74 Å². The molecule has 0 saturated heterocycles. The van der Waals surface area contributed by atoms with Gasteiger partial charge in [0.05, 0.1) is 29.8 Å². The lowest BCUT2D eigenvalue weighted by molar-refractivity contribution is 0.0628. The van der Waals surface area contributed by atoms with Crippen LogP contribution in [-0.4, -0.2) is 41.0 Å². The lowest BCUT2D eigenvalue weighted by Crippen LogP contribution is -2.32. The van der Waals surface area contributed by atoms with Gasteiger partial charge in [0.1, 0.15) is 5.82 Å². The Balaban J connectivity index is 2.09. The Morgan fingerprint density at radius 3 is 2.84 bits per heavy atom. The van der Waals surface area contributed by atoms with Crippen LogP contribution in [0.4, 0.5) is 0 Å². The van der Waals surface area contributed by atoms with Gasteiger partial charge in [-0.15, -0.1) is 0 Å². The SMILES string of the molecule is COCC(O)CNC(C)c1nc2ccccc2n1C. The van der Waals surface area contributed by atoms with Gasteiger partial charge in [-0.05, 0) is 19.1 Å². The molecular weight excluding hydrogens is 242 g/mol. The standard InChI is InChI=1S/C14H21N3O2/c1-10(15-8-11(18)9-19-3)14-16-12-6-4-5-7-13(12)17(14)2/h4-7,10-11,15,18H,8-9H2,1-3H3. The van der Waals surface area contributed by atoms with Crippen LogP contribution in [0.5, 0.6) is 0 Å². The van der Waals surface area contributed by atoms with E-state index in [0.29, 0.717) is 13.2 Å². The van der Waals surface area contributed by atoms with Crippen LogP contribution < -0.4 is 5.32 Å². The summed E-state index contributed by atoms with van der Waals surface area (Å²) in [5, 5.41) is 12.9. The van der Waals surface area contributed by atoms with Crippen LogP contribution in [0.25, 0.3) is 11.0 Å². The predicted molar refractivity (Wildman–Crippen MR) is 75.0 cm³/mol. The molecule has 5 nitrogen and oxygen atoms in total. The number of para-hydroxylation sites is 2. The number of ether oxygens (including phenoxy) is 1. The molecule has 0 spiro atoms. The number of rotatable bonds is 6. The van der Waals surface area contributed by atoms with Gasteiger partial charge in [0.25, 0.3) is 0 Å². The molecule has 0 amide bonds. The second-order valence-corrected chi connectivity index (χ2v) is 4.76. The molecule has 0 saturated carbocycles. The number of aliphatic hydroxyl groups excluding tert-OH is 1. The fourth-order valence-electron chi connectivity index (χ4n) is 2.21. The topological polar surface area (TPSA) is 59.3 Å². The quantitative estimate of drug-likeness (QED) is 0.823. The highest BCUT2D eigenvalue weighted by Crippen LogP contribution is 2.18. The number of hydrogen-bond acceptors (Lipinski definition) is 4. The lowest BCUT2D eigenvalue weighted by atomic mass is 10.3. The molecule has 0 aliphatic heterocycles. The van der Waals surface area contributed by atoms with Crippen molar-refractivity contribution < 1.29 is 9.84 Å². The summed E-state index contributed by atoms with van der Waals surface area (Å²) in [7, 11) is 3.59. The summed E-state index contributed by atoms with van der Waals surface area (Å²) < 4.78 is 6.98. The maximum atomic E-state index is 9.64. The summed E-state index contributed by atoms with van der Waals surface area (Å²) in [6.07, 6.45) is -0.498. The first-order chi connectivity index (χ1) is 9.13. The first kappa shape index (κ1) is 14.0. The molecule has 0 aliphatic rings. The van der Waals surface area contributed by atoms with Crippen LogP contribution in [0.15, 0.2) is 24.3 Å². The number of imidazole rings is 1. The van der Waals surface area contributed by atoms with Gasteiger partial charge in [0.15, 0.2) is 0 Å². The van der Waals surface area contributed by atoms with Crippen LogP contribution in [0.1, 0.15) is 18.8 Å². The van der Waals surface area contributed by atoms with Crippen LogP contribution >= 0.6 is 0 Å². The summed E-state index contributed by atoms with van der Waals surface area (Å²) in [5.41, 5.74) is 2.11. The molecule has 5 heteroatoms. The van der Waals surface area contributed by atoms with Crippen LogP contribution in [-0.2, 0) is 11.8 Å². The molecule has 1 aromatic heterocycles. The van der Waals surface area contributed by atoms with Crippen LogP contribution in [0.2, 0.25) is 0 Å². The molecule has 0 fully saturated rings. The number of fused-ring (bicyclic) bond motifs is 1. The van der Waals surface area contributed by atoms with E-state index in [2.05, 4.69) is 20.9 Å². The molecule has 0 bridgehead atoms. The Kier molecular flexibility index (Phi) is 4.52. The Labute approximate surface area is 113 Å². The first-order valence-corrected chi connectivity index (χ1v) is 6.45. The third-order valence-electron chi connectivity index (χ3n) is 3.23. The summed E-state index contributed by atoms with van der Waals surface area (Å²) >= 11 is 0. The number of hydrogen-bond donors (Lipinski definition) is 2. The van der Waals surface area contributed by atoms with Gasteiger partial charge in [-0.2, -0.15) is 0 Å². The number of aryl methyl sites for hydroxylation is 1. The van der Waals surface area contributed by atoms with Crippen molar-refractivity contribution in [3.05, 3.63) is 30.1 Å². The fourth-order valence-corrected chi connectivity index (χ4v) is 2.21. The minimum Gasteiger partial charge on any atom is -0.389 e. The molecule has 2 N–H and O–H groups in total. The van der Waals surface area contributed by atoms with Crippen molar-refractivity contribution in [2.24, 2.45) is 7.05 Å². The highest BCUT2D eigenvalue weighted by Gasteiger charge is 2.15. The van der Waals surface area contributed by atoms with E-state index in [9.17, 15) is 5.11 Å². The minimum atomic E-state index is -0.498. The maximum Gasteiger partial charge on any atom is 0.126 e. The molecule has 104 valence electrons. The predicted octanol–water partition coefficient (Wildman–Crippen LogP) is 1.23. The number of nitrogens with one attached hydrogen (secondary N) is 1. The molecule has 2 atom stereocenters. The number of nitrogens with zero attached hydrogens (tertiary/aromatic N) is 2. The second kappa shape index (κ2) is 6.14. The number of aliphatic hydroxyl groups is 1. The van der Waals surface area contributed by atoms with E-state index in [1.807, 2.05) is 32.2 Å². The van der Waals surface area contributed by atoms with Crippen molar-refractivity contribution >= 4 is 11.0 Å². The summed E-state index contributed by atoms with van der Waals surface area (Å²) in [5.74, 6) is 0.964. The van der Waals surface area contributed by atoms with Crippen molar-refractivity contribution in [3.8, 4) is 0 Å². The van der Waals surface area contributed by atoms with Gasteiger partial charge in [-0.25, -0.2) is 4.98 Å². The Bertz CT molecular complexity index is 538. The largest absolute Gasteiger partial charge is 0.389 e. The van der Waals surface area contributed by atoms with E-state index in [1.54, 1.807) is 7.11 Å². The van der Waals surface area contributed by atoms with Crippen molar-refractivity contribution in [2.45, 2.75) is 19.1 Å². The summed E-state index contributed by atoms with van der Waals surface area (Å²) in [6.45, 7) is 2.86. The van der Waals surface area contributed by atoms with Crippen molar-refractivity contribution in [1.82, 2.24) is 14.9 Å². The second-order valence-electron chi connectivity index (χ2n) is 4.76. The van der Waals surface area contributed by atoms with E-state index in [1.165, 1.54) is 0 Å². The molecule has 1 aromatic carbocycles. The zero-order valence-corrected chi connectivity index (χ0v) is 11.6. The maximum absolute atomic E-state index is 9.64. The molecule has 19 heavy (non-hydrogen) atoms. The normalized spacial score (nSPS) is 14.7. The molecular formula is C14H21N3O2. The molecule has 2 rings (SSSR count). The van der Waals surface area contributed by atoms with Crippen molar-refractivity contribution in [1.29, 1.82) is 0 Å². The molecule has 2 aromatic rings. The van der Waals surface area contributed by atoms with E-state index >= 15 is 0 Å². The highest BCUT2D eigenvalue weighted by atomic mass is 16.5. The van der Waals surface area contributed by atoms with E-state index < -0.39 is 6.10 Å². The van der Waals surface area contributed by atoms with Gasteiger partial charge in [0.2, 0.25) is 0 Å². The van der Waals surface area contributed by atoms with Crippen molar-refractivity contribution in [3.63, 3.8) is 0 Å². The minimum absolute atomic E-state index is 0.0731. The third-order valence-corrected chi connectivity index (χ3v) is 3.23. The van der Waals surface area contributed by atoms with E-state index in [0.717, 1.165) is 16.9 Å². The number of benzene rings is 1. The van der Waals surface area contributed by atoms with Crippen LogP contribution in [0, 0.1) is 0 Å². The lowest BCUT2D eigenvalue weighted by Gasteiger charge is -2.16. The zero-order valence-electron chi connectivity index (χ0n) is 11.6. The Morgan fingerprint density at radius 2 is 2.16 bits per heavy atom. The third kappa shape index (κ3) is 3.12. The van der Waals surface area contributed by atoms with Gasteiger partial charge in [-0.1, -0.05) is 12.1 Å². The highest BCUT2D eigenvalue weighted by molar-refractivity contribution is 5.75. The molecule has 2 unspecified atom stereocenters. The smallest absolute Gasteiger partial charge is 0.126 e. The van der Waals surface area contributed by atoms with Gasteiger partial charge >= 0.3 is 0 Å². The average molecular weight is 263 g/mol. The monoisotopic (exact) mass is 263 g/mol. The first-order valence-electron chi connectivity index (χ1n) is 6.45. The molecule has 0 aliphatic carbocycles. The summed E-state index contributed by atoms with van der Waals surface area (Å²) in [6, 6.07) is 8.13. The van der Waals surface area contributed by atoms with Gasteiger partial charge < -0.3 is 19.7 Å². The fraction of sp³-hybridized carbons (Fsp3) is 0.500. The summed E-state index contributed by atoms with van der Waals surface area (Å²) in [4.78, 5) is 4.62. The Morgan fingerprint density at radius 1 is 1.42 bits per heavy atom. The average Bonchev–Trinajstić information content (AvgIpc) is 2.74. The van der Waals surface area contributed by atoms with Gasteiger partial charge in [-0.3, -0.25) is 0 Å². The molecule has 0 radical (unpaired) electrons. The Hall–Kier alpha value is -1.43. The van der Waals surface area contributed by atoms with Crippen LogP contribution in [0.3, 0.4) is 0 Å². The van der Waals surface area contributed by atoms with E-state index in [-0.39, 0.29) is 6.04 Å². The van der Waals surface area contributed by atoms with Crippen molar-refractivity contribution in [2.75, 3.05) is 20.3 Å². The number of aromatic nitrogens is 2. The molecule has 1 heterocycles. The zero-order chi connectivity index (χ0) is 13.8.